The molecule has 18 heavy (non-hydrogen) atoms. The molecule has 0 amide bonds. The van der Waals surface area contributed by atoms with Gasteiger partial charge in [-0.25, -0.2) is 0 Å². The van der Waals surface area contributed by atoms with Crippen molar-refractivity contribution in [3.05, 3.63) is 57.0 Å². The fourth-order valence-electron chi connectivity index (χ4n) is 1.57. The molecule has 0 heterocycles. The SMILES string of the molecule is Cc1ccc(Nc2cccc(Cl)c2C#N)cc1Br. The smallest absolute Gasteiger partial charge is 0.103 e. The largest absolute Gasteiger partial charge is 0.354 e. The molecular formula is C14H10BrClN2. The van der Waals surface area contributed by atoms with Gasteiger partial charge in [0.1, 0.15) is 6.07 Å². The number of nitrogens with one attached hydrogen (secondary N) is 1. The van der Waals surface area contributed by atoms with E-state index in [0.29, 0.717) is 16.3 Å². The fourth-order valence-corrected chi connectivity index (χ4v) is 2.16. The second-order valence-corrected chi connectivity index (χ2v) is 5.12. The van der Waals surface area contributed by atoms with E-state index in [1.165, 1.54) is 0 Å². The van der Waals surface area contributed by atoms with Gasteiger partial charge in [-0.1, -0.05) is 39.7 Å². The van der Waals surface area contributed by atoms with E-state index >= 15 is 0 Å². The van der Waals surface area contributed by atoms with Gasteiger partial charge in [0, 0.05) is 10.2 Å². The Morgan fingerprint density at radius 2 is 2.06 bits per heavy atom. The van der Waals surface area contributed by atoms with Crippen LogP contribution < -0.4 is 5.32 Å². The summed E-state index contributed by atoms with van der Waals surface area (Å²) in [6.45, 7) is 2.02. The van der Waals surface area contributed by atoms with Crippen LogP contribution in [-0.4, -0.2) is 0 Å². The van der Waals surface area contributed by atoms with E-state index in [-0.39, 0.29) is 0 Å². The normalized spacial score (nSPS) is 9.89. The van der Waals surface area contributed by atoms with Crippen LogP contribution in [0.3, 0.4) is 0 Å². The Morgan fingerprint density at radius 1 is 1.28 bits per heavy atom. The highest BCUT2D eigenvalue weighted by molar-refractivity contribution is 9.10. The minimum Gasteiger partial charge on any atom is -0.354 e. The van der Waals surface area contributed by atoms with Crippen LogP contribution in [0.1, 0.15) is 11.1 Å². The minimum absolute atomic E-state index is 0.452. The lowest BCUT2D eigenvalue weighted by Crippen LogP contribution is -1.94. The standard InChI is InChI=1S/C14H10BrClN2/c1-9-5-6-10(7-12(9)15)18-14-4-2-3-13(16)11(14)8-17/h2-7,18H,1H3. The van der Waals surface area contributed by atoms with Crippen LogP contribution in [0, 0.1) is 18.3 Å². The van der Waals surface area contributed by atoms with Gasteiger partial charge in [-0.15, -0.1) is 0 Å². The number of benzene rings is 2. The van der Waals surface area contributed by atoms with Crippen LogP contribution in [0.25, 0.3) is 0 Å². The molecule has 4 heteroatoms. The van der Waals surface area contributed by atoms with Gasteiger partial charge >= 0.3 is 0 Å². The Bertz CT molecular complexity index is 632. The van der Waals surface area contributed by atoms with Gasteiger partial charge in [0.25, 0.3) is 0 Å². The molecule has 2 aromatic rings. The number of halogens is 2. The summed E-state index contributed by atoms with van der Waals surface area (Å²) >= 11 is 9.46. The lowest BCUT2D eigenvalue weighted by molar-refractivity contribution is 1.41. The molecule has 90 valence electrons. The summed E-state index contributed by atoms with van der Waals surface area (Å²) in [7, 11) is 0. The second kappa shape index (κ2) is 5.43. The second-order valence-electron chi connectivity index (χ2n) is 3.86. The highest BCUT2D eigenvalue weighted by Gasteiger charge is 2.06. The van der Waals surface area contributed by atoms with Crippen molar-refractivity contribution in [2.24, 2.45) is 0 Å². The number of nitriles is 1. The summed E-state index contributed by atoms with van der Waals surface area (Å²) in [5, 5.41) is 12.7. The van der Waals surface area contributed by atoms with E-state index in [4.69, 9.17) is 16.9 Å². The van der Waals surface area contributed by atoms with E-state index in [1.54, 1.807) is 6.07 Å². The highest BCUT2D eigenvalue weighted by Crippen LogP contribution is 2.28. The van der Waals surface area contributed by atoms with Crippen LogP contribution in [0.2, 0.25) is 5.02 Å². The number of aryl methyl sites for hydroxylation is 1. The molecule has 0 unspecified atom stereocenters. The number of nitrogens with zero attached hydrogens (tertiary/aromatic N) is 1. The maximum Gasteiger partial charge on any atom is 0.103 e. The first-order valence-electron chi connectivity index (χ1n) is 5.33. The molecule has 2 rings (SSSR count). The maximum absolute atomic E-state index is 9.09. The van der Waals surface area contributed by atoms with Crippen LogP contribution in [-0.2, 0) is 0 Å². The Labute approximate surface area is 119 Å². The zero-order valence-electron chi connectivity index (χ0n) is 9.67. The van der Waals surface area contributed by atoms with Crippen LogP contribution in [0.5, 0.6) is 0 Å². The van der Waals surface area contributed by atoms with Gasteiger partial charge in [0.2, 0.25) is 0 Å². The summed E-state index contributed by atoms with van der Waals surface area (Å²) in [5.74, 6) is 0. The van der Waals surface area contributed by atoms with E-state index < -0.39 is 0 Å². The fraction of sp³-hybridized carbons (Fsp3) is 0.0714. The van der Waals surface area contributed by atoms with Crippen molar-refractivity contribution in [3.8, 4) is 6.07 Å². The Hall–Kier alpha value is -1.50. The zero-order valence-corrected chi connectivity index (χ0v) is 12.0. The predicted octanol–water partition coefficient (Wildman–Crippen LogP) is 5.03. The summed E-state index contributed by atoms with van der Waals surface area (Å²) in [4.78, 5) is 0. The maximum atomic E-state index is 9.09. The Kier molecular flexibility index (Phi) is 3.90. The topological polar surface area (TPSA) is 35.8 Å². The third kappa shape index (κ3) is 2.66. The molecule has 0 fully saturated rings. The van der Waals surface area contributed by atoms with Gasteiger partial charge in [0.15, 0.2) is 0 Å². The van der Waals surface area contributed by atoms with Crippen LogP contribution in [0.4, 0.5) is 11.4 Å². The predicted molar refractivity (Wildman–Crippen MR) is 78.3 cm³/mol. The van der Waals surface area contributed by atoms with Gasteiger partial charge < -0.3 is 5.32 Å². The summed E-state index contributed by atoms with van der Waals surface area (Å²) in [5.41, 5.74) is 3.23. The number of hydrogen-bond acceptors (Lipinski definition) is 2. The van der Waals surface area contributed by atoms with Gasteiger partial charge in [-0.2, -0.15) is 5.26 Å². The molecule has 0 atom stereocenters. The van der Waals surface area contributed by atoms with Crippen LogP contribution in [0.15, 0.2) is 40.9 Å². The molecule has 0 radical (unpaired) electrons. The molecule has 0 aliphatic carbocycles. The summed E-state index contributed by atoms with van der Waals surface area (Å²) in [6.07, 6.45) is 0. The van der Waals surface area contributed by atoms with Crippen molar-refractivity contribution in [3.63, 3.8) is 0 Å². The Balaban J connectivity index is 2.37. The molecule has 0 spiro atoms. The molecule has 0 aromatic heterocycles. The van der Waals surface area contributed by atoms with Gasteiger partial charge in [-0.3, -0.25) is 0 Å². The van der Waals surface area contributed by atoms with Crippen molar-refractivity contribution >= 4 is 38.9 Å². The number of rotatable bonds is 2. The van der Waals surface area contributed by atoms with E-state index in [2.05, 4.69) is 27.3 Å². The zero-order chi connectivity index (χ0) is 13.1. The van der Waals surface area contributed by atoms with E-state index in [1.807, 2.05) is 37.3 Å². The monoisotopic (exact) mass is 320 g/mol. The highest BCUT2D eigenvalue weighted by atomic mass is 79.9. The first kappa shape index (κ1) is 12.9. The molecular weight excluding hydrogens is 312 g/mol. The number of hydrogen-bond donors (Lipinski definition) is 1. The summed E-state index contributed by atoms with van der Waals surface area (Å²) < 4.78 is 1.02. The quantitative estimate of drug-likeness (QED) is 0.842. The van der Waals surface area contributed by atoms with Crippen LogP contribution >= 0.6 is 27.5 Å². The minimum atomic E-state index is 0.452. The average molecular weight is 322 g/mol. The van der Waals surface area contributed by atoms with Gasteiger partial charge in [0.05, 0.1) is 16.3 Å². The third-order valence-electron chi connectivity index (χ3n) is 2.58. The van der Waals surface area contributed by atoms with E-state index in [9.17, 15) is 0 Å². The molecule has 0 aliphatic rings. The summed E-state index contributed by atoms with van der Waals surface area (Å²) in [6, 6.07) is 13.4. The first-order chi connectivity index (χ1) is 8.61. The Morgan fingerprint density at radius 3 is 2.72 bits per heavy atom. The van der Waals surface area contributed by atoms with Gasteiger partial charge in [-0.05, 0) is 36.8 Å². The molecule has 1 N–H and O–H groups in total. The van der Waals surface area contributed by atoms with Crippen molar-refractivity contribution in [2.75, 3.05) is 5.32 Å². The van der Waals surface area contributed by atoms with Crippen molar-refractivity contribution in [1.82, 2.24) is 0 Å². The number of anilines is 2. The lowest BCUT2D eigenvalue weighted by Gasteiger charge is -2.10. The third-order valence-corrected chi connectivity index (χ3v) is 3.75. The van der Waals surface area contributed by atoms with Crippen molar-refractivity contribution in [1.29, 1.82) is 5.26 Å². The molecule has 2 aromatic carbocycles. The lowest BCUT2D eigenvalue weighted by atomic mass is 10.1. The molecule has 0 bridgehead atoms. The van der Waals surface area contributed by atoms with E-state index in [0.717, 1.165) is 15.7 Å². The van der Waals surface area contributed by atoms with Crippen molar-refractivity contribution < 1.29 is 0 Å². The first-order valence-corrected chi connectivity index (χ1v) is 6.50. The van der Waals surface area contributed by atoms with Crippen molar-refractivity contribution in [2.45, 2.75) is 6.92 Å². The molecule has 2 nitrogen and oxygen atoms in total. The molecule has 0 saturated carbocycles. The average Bonchev–Trinajstić information content (AvgIpc) is 2.34. The molecule has 0 aliphatic heterocycles. The molecule has 0 saturated heterocycles.